The summed E-state index contributed by atoms with van der Waals surface area (Å²) in [6.07, 6.45) is 4.76. The molecular weight excluding hydrogens is 424 g/mol. The average Bonchev–Trinajstić information content (AvgIpc) is 2.72. The molecule has 0 bridgehead atoms. The van der Waals surface area contributed by atoms with E-state index in [1.165, 1.54) is 19.2 Å². The Labute approximate surface area is 190 Å². The fourth-order valence-corrected chi connectivity index (χ4v) is 4.26. The molecular formula is C26H24O7. The molecule has 0 amide bonds. The molecule has 170 valence electrons. The Balaban J connectivity index is 1.90. The highest BCUT2D eigenvalue weighted by molar-refractivity contribution is 5.95. The molecule has 5 rings (SSSR count). The molecule has 0 saturated carbocycles. The number of benzene rings is 2. The summed E-state index contributed by atoms with van der Waals surface area (Å²) in [6, 6.07) is 4.45. The van der Waals surface area contributed by atoms with Crippen LogP contribution in [0.15, 0.2) is 45.1 Å². The minimum atomic E-state index is -0.742. The number of ether oxygens (including phenoxy) is 3. The van der Waals surface area contributed by atoms with E-state index in [-0.39, 0.29) is 39.5 Å². The van der Waals surface area contributed by atoms with Gasteiger partial charge in [0.05, 0.1) is 23.8 Å². The Bertz CT molecular complexity index is 1440. The van der Waals surface area contributed by atoms with Crippen LogP contribution >= 0.6 is 0 Å². The Hall–Kier alpha value is -3.87. The highest BCUT2D eigenvalue weighted by Crippen LogP contribution is 2.49. The zero-order valence-electron chi connectivity index (χ0n) is 19.0. The normalized spacial score (nSPS) is 17.3. The van der Waals surface area contributed by atoms with Gasteiger partial charge in [0.2, 0.25) is 5.43 Å². The maximum atomic E-state index is 13.7. The number of phenolic OH excluding ortho intramolecular Hbond substituents is 2. The third-order valence-electron chi connectivity index (χ3n) is 5.75. The zero-order chi connectivity index (χ0) is 23.7. The Kier molecular flexibility index (Phi) is 4.50. The molecule has 2 aliphatic heterocycles. The van der Waals surface area contributed by atoms with Crippen molar-refractivity contribution in [1.82, 2.24) is 0 Å². The number of hydrogen-bond donors (Lipinski definition) is 2. The van der Waals surface area contributed by atoms with Crippen molar-refractivity contribution >= 4 is 17.0 Å². The van der Waals surface area contributed by atoms with Crippen molar-refractivity contribution in [3.63, 3.8) is 0 Å². The summed E-state index contributed by atoms with van der Waals surface area (Å²) in [5, 5.41) is 21.2. The minimum Gasteiger partial charge on any atom is -0.507 e. The van der Waals surface area contributed by atoms with Gasteiger partial charge < -0.3 is 28.8 Å². The third kappa shape index (κ3) is 3.23. The number of fused-ring (bicyclic) bond motifs is 6. The third-order valence-corrected chi connectivity index (χ3v) is 5.75. The van der Waals surface area contributed by atoms with Gasteiger partial charge in [-0.3, -0.25) is 4.79 Å². The molecule has 2 N–H and O–H groups in total. The number of methoxy groups -OCH3 is 1. The van der Waals surface area contributed by atoms with Gasteiger partial charge in [-0.15, -0.1) is 0 Å². The highest BCUT2D eigenvalue weighted by Gasteiger charge is 2.34. The van der Waals surface area contributed by atoms with Gasteiger partial charge in [0.25, 0.3) is 0 Å². The van der Waals surface area contributed by atoms with E-state index in [4.69, 9.17) is 18.6 Å². The molecule has 3 heterocycles. The van der Waals surface area contributed by atoms with Gasteiger partial charge in [0, 0.05) is 12.1 Å². The maximum Gasteiger partial charge on any atom is 0.204 e. The second-order valence-electron chi connectivity index (χ2n) is 9.03. The van der Waals surface area contributed by atoms with Crippen LogP contribution in [0.5, 0.6) is 28.7 Å². The van der Waals surface area contributed by atoms with Crippen LogP contribution in [-0.4, -0.2) is 22.9 Å². The van der Waals surface area contributed by atoms with Crippen LogP contribution in [0.2, 0.25) is 0 Å². The molecule has 0 unspecified atom stereocenters. The predicted molar refractivity (Wildman–Crippen MR) is 124 cm³/mol. The van der Waals surface area contributed by atoms with Crippen molar-refractivity contribution in [3.8, 4) is 40.1 Å². The monoisotopic (exact) mass is 448 g/mol. The summed E-state index contributed by atoms with van der Waals surface area (Å²) in [6.45, 7) is 7.58. The van der Waals surface area contributed by atoms with E-state index in [1.807, 2.05) is 45.9 Å². The largest absolute Gasteiger partial charge is 0.507 e. The summed E-state index contributed by atoms with van der Waals surface area (Å²) in [4.78, 5) is 13.7. The lowest BCUT2D eigenvalue weighted by Crippen LogP contribution is -2.28. The fourth-order valence-electron chi connectivity index (χ4n) is 4.26. The average molecular weight is 448 g/mol. The quantitative estimate of drug-likeness (QED) is 0.502. The van der Waals surface area contributed by atoms with Crippen LogP contribution in [0.4, 0.5) is 0 Å². The molecule has 7 heteroatoms. The minimum absolute atomic E-state index is 0.0531. The van der Waals surface area contributed by atoms with E-state index in [9.17, 15) is 15.0 Å². The first-order chi connectivity index (χ1) is 15.6. The van der Waals surface area contributed by atoms with E-state index in [2.05, 4.69) is 0 Å². The van der Waals surface area contributed by atoms with E-state index in [1.54, 1.807) is 6.07 Å². The van der Waals surface area contributed by atoms with Gasteiger partial charge in [-0.05, 0) is 52.0 Å². The molecule has 7 nitrogen and oxygen atoms in total. The SMILES string of the molecule is COc1cc2c(cc1O)-c1oc3c4c(cc(O)c3c(=O)c1[C@H](C=C(C)C)O2)OC(C)(C)C=C4. The second-order valence-corrected chi connectivity index (χ2v) is 9.03. The highest BCUT2D eigenvalue weighted by atomic mass is 16.5. The summed E-state index contributed by atoms with van der Waals surface area (Å²) >= 11 is 0. The van der Waals surface area contributed by atoms with E-state index < -0.39 is 17.1 Å². The lowest BCUT2D eigenvalue weighted by molar-refractivity contribution is 0.158. The summed E-state index contributed by atoms with van der Waals surface area (Å²) in [5.41, 5.74) is 1.39. The van der Waals surface area contributed by atoms with Crippen LogP contribution in [0, 0.1) is 0 Å². The van der Waals surface area contributed by atoms with Crippen molar-refractivity contribution in [2.75, 3.05) is 7.11 Å². The maximum absolute atomic E-state index is 13.7. The van der Waals surface area contributed by atoms with Gasteiger partial charge in [-0.1, -0.05) is 5.57 Å². The lowest BCUT2D eigenvalue weighted by Gasteiger charge is -2.29. The zero-order valence-corrected chi connectivity index (χ0v) is 19.0. The van der Waals surface area contributed by atoms with Gasteiger partial charge in [0.15, 0.2) is 17.1 Å². The predicted octanol–water partition coefficient (Wildman–Crippen LogP) is 5.46. The Morgan fingerprint density at radius 1 is 1.12 bits per heavy atom. The first-order valence-electron chi connectivity index (χ1n) is 10.6. The van der Waals surface area contributed by atoms with E-state index in [0.29, 0.717) is 22.6 Å². The molecule has 33 heavy (non-hydrogen) atoms. The Morgan fingerprint density at radius 2 is 1.88 bits per heavy atom. The molecule has 0 radical (unpaired) electrons. The lowest BCUT2D eigenvalue weighted by atomic mass is 9.93. The van der Waals surface area contributed by atoms with Gasteiger partial charge in [-0.25, -0.2) is 0 Å². The summed E-state index contributed by atoms with van der Waals surface area (Å²) < 4.78 is 23.7. The number of rotatable bonds is 2. The number of phenols is 2. The first kappa shape index (κ1) is 21.0. The van der Waals surface area contributed by atoms with Crippen molar-refractivity contribution in [2.24, 2.45) is 0 Å². The van der Waals surface area contributed by atoms with Crippen LogP contribution in [0.25, 0.3) is 28.4 Å². The molecule has 0 aliphatic carbocycles. The van der Waals surface area contributed by atoms with Crippen LogP contribution in [0.1, 0.15) is 44.9 Å². The van der Waals surface area contributed by atoms with Gasteiger partial charge in [-0.2, -0.15) is 0 Å². The molecule has 0 saturated heterocycles. The number of allylic oxidation sites excluding steroid dienone is 1. The van der Waals surface area contributed by atoms with Gasteiger partial charge in [0.1, 0.15) is 40.1 Å². The summed E-state index contributed by atoms with van der Waals surface area (Å²) in [7, 11) is 1.45. The number of hydrogen-bond acceptors (Lipinski definition) is 7. The Morgan fingerprint density at radius 3 is 2.58 bits per heavy atom. The van der Waals surface area contributed by atoms with E-state index in [0.717, 1.165) is 5.57 Å². The molecule has 3 aromatic rings. The van der Waals surface area contributed by atoms with Crippen molar-refractivity contribution in [3.05, 3.63) is 57.3 Å². The number of aromatic hydroxyl groups is 2. The standard InChI is InChI=1S/C26H24O7/c1-12(2)8-20-22-23(29)21-16(28)10-18-13(6-7-26(3,4)33-18)24(21)32-25(22)14-9-15(27)19(30-5)11-17(14)31-20/h6-11,20,27-28H,1-5H3/t20-/m0/s1. The molecule has 2 aliphatic rings. The van der Waals surface area contributed by atoms with Crippen LogP contribution in [-0.2, 0) is 0 Å². The van der Waals surface area contributed by atoms with Crippen molar-refractivity contribution < 1.29 is 28.8 Å². The van der Waals surface area contributed by atoms with Crippen molar-refractivity contribution in [1.29, 1.82) is 0 Å². The molecule has 1 aromatic heterocycles. The van der Waals surface area contributed by atoms with Crippen molar-refractivity contribution in [2.45, 2.75) is 39.4 Å². The topological polar surface area (TPSA) is 98.4 Å². The van der Waals surface area contributed by atoms with Crippen LogP contribution in [0.3, 0.4) is 0 Å². The molecule has 2 aromatic carbocycles. The first-order valence-corrected chi connectivity index (χ1v) is 10.6. The summed E-state index contributed by atoms with van der Waals surface area (Å²) in [5.74, 6) is 0.985. The fraction of sp³-hybridized carbons (Fsp3) is 0.269. The molecule has 0 spiro atoms. The van der Waals surface area contributed by atoms with Gasteiger partial charge >= 0.3 is 0 Å². The molecule has 0 fully saturated rings. The molecule has 1 atom stereocenters. The smallest absolute Gasteiger partial charge is 0.204 e. The second kappa shape index (κ2) is 7.07. The van der Waals surface area contributed by atoms with Crippen LogP contribution < -0.4 is 19.6 Å². The van der Waals surface area contributed by atoms with E-state index >= 15 is 0 Å².